The summed E-state index contributed by atoms with van der Waals surface area (Å²) in [6.45, 7) is 4.98. The van der Waals surface area contributed by atoms with Gasteiger partial charge >= 0.3 is 0 Å². The number of nitrogens with zero attached hydrogens (tertiary/aromatic N) is 3. The predicted molar refractivity (Wildman–Crippen MR) is 104 cm³/mol. The maximum absolute atomic E-state index is 13.0. The second-order valence-electron chi connectivity index (χ2n) is 7.68. The zero-order valence-corrected chi connectivity index (χ0v) is 16.0. The highest BCUT2D eigenvalue weighted by molar-refractivity contribution is 5.94. The molecule has 1 aliphatic heterocycles. The van der Waals surface area contributed by atoms with Gasteiger partial charge in [0.25, 0.3) is 5.91 Å². The van der Waals surface area contributed by atoms with E-state index >= 15 is 0 Å². The summed E-state index contributed by atoms with van der Waals surface area (Å²) in [7, 11) is 2.15. The van der Waals surface area contributed by atoms with Gasteiger partial charge < -0.3 is 14.7 Å². The van der Waals surface area contributed by atoms with Gasteiger partial charge in [0.2, 0.25) is 0 Å². The van der Waals surface area contributed by atoms with Crippen molar-refractivity contribution in [3.8, 4) is 0 Å². The number of piperazine rings is 1. The molecule has 1 saturated heterocycles. The smallest absolute Gasteiger partial charge is 0.274 e. The first-order chi connectivity index (χ1) is 13.2. The molecule has 1 amide bonds. The molecule has 0 bridgehead atoms. The van der Waals surface area contributed by atoms with Crippen LogP contribution >= 0.6 is 0 Å². The number of likely N-dealkylation sites (N-methyl/N-ethyl adjacent to an activating group) is 1. The molecule has 1 aromatic heterocycles. The Morgan fingerprint density at radius 1 is 1.15 bits per heavy atom. The summed E-state index contributed by atoms with van der Waals surface area (Å²) >= 11 is 0. The standard InChI is InChI=1S/C21H28N4O2/c1-24-11-13-25(14-12-24)15-18(16-7-3-2-4-8-16)22-21(26)20-17-9-5-6-10-19(17)27-23-20/h2-4,7-8,18H,5-6,9-15H2,1H3,(H,22,26). The van der Waals surface area contributed by atoms with Crippen molar-refractivity contribution in [2.24, 2.45) is 0 Å². The molecule has 1 fully saturated rings. The highest BCUT2D eigenvalue weighted by Crippen LogP contribution is 2.25. The number of hydrogen-bond donors (Lipinski definition) is 1. The molecule has 144 valence electrons. The number of rotatable bonds is 5. The van der Waals surface area contributed by atoms with E-state index in [1.54, 1.807) is 0 Å². The van der Waals surface area contributed by atoms with E-state index in [-0.39, 0.29) is 11.9 Å². The van der Waals surface area contributed by atoms with Crippen molar-refractivity contribution in [2.75, 3.05) is 39.8 Å². The molecule has 2 aromatic rings. The minimum Gasteiger partial charge on any atom is -0.360 e. The molecule has 1 unspecified atom stereocenters. The van der Waals surface area contributed by atoms with E-state index in [0.717, 1.165) is 75.3 Å². The summed E-state index contributed by atoms with van der Waals surface area (Å²) in [5, 5.41) is 7.32. The Bertz CT molecular complexity index is 766. The predicted octanol–water partition coefficient (Wildman–Crippen LogP) is 2.27. The zero-order chi connectivity index (χ0) is 18.6. The lowest BCUT2D eigenvalue weighted by Crippen LogP contribution is -2.48. The molecule has 6 heteroatoms. The molecule has 1 atom stereocenters. The van der Waals surface area contributed by atoms with E-state index in [2.05, 4.69) is 39.5 Å². The molecule has 4 rings (SSSR count). The van der Waals surface area contributed by atoms with Gasteiger partial charge in [0.05, 0.1) is 6.04 Å². The molecule has 27 heavy (non-hydrogen) atoms. The minimum atomic E-state index is -0.120. The zero-order valence-electron chi connectivity index (χ0n) is 16.0. The Morgan fingerprint density at radius 3 is 2.67 bits per heavy atom. The van der Waals surface area contributed by atoms with Crippen molar-refractivity contribution in [1.82, 2.24) is 20.3 Å². The Morgan fingerprint density at radius 2 is 1.89 bits per heavy atom. The number of aromatic nitrogens is 1. The van der Waals surface area contributed by atoms with Crippen LogP contribution in [0.25, 0.3) is 0 Å². The molecular formula is C21H28N4O2. The van der Waals surface area contributed by atoms with Crippen LogP contribution in [0.3, 0.4) is 0 Å². The minimum absolute atomic E-state index is 0.0574. The Labute approximate surface area is 160 Å². The lowest BCUT2D eigenvalue weighted by atomic mass is 9.96. The van der Waals surface area contributed by atoms with Gasteiger partial charge in [0.1, 0.15) is 5.76 Å². The van der Waals surface area contributed by atoms with Crippen LogP contribution in [-0.4, -0.2) is 60.6 Å². The number of carbonyl (C=O) groups is 1. The summed E-state index contributed by atoms with van der Waals surface area (Å²) in [5.74, 6) is 0.770. The fraction of sp³-hybridized carbons (Fsp3) is 0.524. The number of hydrogen-bond acceptors (Lipinski definition) is 5. The highest BCUT2D eigenvalue weighted by Gasteiger charge is 2.27. The van der Waals surface area contributed by atoms with Gasteiger partial charge in [0.15, 0.2) is 5.69 Å². The molecule has 6 nitrogen and oxygen atoms in total. The first-order valence-electron chi connectivity index (χ1n) is 9.95. The van der Waals surface area contributed by atoms with Crippen LogP contribution in [0, 0.1) is 0 Å². The summed E-state index contributed by atoms with van der Waals surface area (Å²) in [6, 6.07) is 10.2. The largest absolute Gasteiger partial charge is 0.360 e. The second kappa shape index (κ2) is 8.23. The highest BCUT2D eigenvalue weighted by atomic mass is 16.5. The van der Waals surface area contributed by atoms with Crippen LogP contribution in [0.4, 0.5) is 0 Å². The van der Waals surface area contributed by atoms with E-state index < -0.39 is 0 Å². The third kappa shape index (κ3) is 4.22. The first kappa shape index (κ1) is 18.2. The maximum Gasteiger partial charge on any atom is 0.274 e. The van der Waals surface area contributed by atoms with Crippen molar-refractivity contribution in [2.45, 2.75) is 31.7 Å². The topological polar surface area (TPSA) is 61.6 Å². The van der Waals surface area contributed by atoms with Gasteiger partial charge in [-0.15, -0.1) is 0 Å². The molecule has 2 heterocycles. The molecular weight excluding hydrogens is 340 g/mol. The van der Waals surface area contributed by atoms with Crippen LogP contribution in [0.2, 0.25) is 0 Å². The van der Waals surface area contributed by atoms with Gasteiger partial charge in [-0.2, -0.15) is 0 Å². The third-order valence-corrected chi connectivity index (χ3v) is 5.71. The molecule has 1 N–H and O–H groups in total. The number of carbonyl (C=O) groups excluding carboxylic acids is 1. The van der Waals surface area contributed by atoms with Crippen molar-refractivity contribution in [1.29, 1.82) is 0 Å². The lowest BCUT2D eigenvalue weighted by molar-refractivity contribution is 0.0897. The van der Waals surface area contributed by atoms with E-state index in [1.165, 1.54) is 0 Å². The van der Waals surface area contributed by atoms with Crippen LogP contribution in [0.1, 0.15) is 46.3 Å². The van der Waals surface area contributed by atoms with E-state index in [1.807, 2.05) is 18.2 Å². The fourth-order valence-corrected chi connectivity index (χ4v) is 4.00. The van der Waals surface area contributed by atoms with Crippen molar-refractivity contribution >= 4 is 5.91 Å². The number of fused-ring (bicyclic) bond motifs is 1. The Balaban J connectivity index is 1.50. The third-order valence-electron chi connectivity index (χ3n) is 5.71. The number of benzene rings is 1. The van der Waals surface area contributed by atoms with Crippen molar-refractivity contribution in [3.63, 3.8) is 0 Å². The molecule has 1 aromatic carbocycles. The van der Waals surface area contributed by atoms with Gasteiger partial charge in [0, 0.05) is 44.7 Å². The van der Waals surface area contributed by atoms with Gasteiger partial charge in [-0.3, -0.25) is 9.69 Å². The molecule has 0 radical (unpaired) electrons. The Hall–Kier alpha value is -2.18. The lowest BCUT2D eigenvalue weighted by Gasteiger charge is -2.35. The van der Waals surface area contributed by atoms with Crippen molar-refractivity contribution in [3.05, 3.63) is 52.9 Å². The van der Waals surface area contributed by atoms with E-state index in [0.29, 0.717) is 5.69 Å². The number of aryl methyl sites for hydroxylation is 1. The quantitative estimate of drug-likeness (QED) is 0.877. The summed E-state index contributed by atoms with van der Waals surface area (Å²) in [5.41, 5.74) is 2.61. The molecule has 1 aliphatic carbocycles. The first-order valence-corrected chi connectivity index (χ1v) is 9.95. The number of nitrogens with one attached hydrogen (secondary N) is 1. The van der Waals surface area contributed by atoms with Crippen LogP contribution in [0.15, 0.2) is 34.9 Å². The van der Waals surface area contributed by atoms with Gasteiger partial charge in [-0.1, -0.05) is 35.5 Å². The van der Waals surface area contributed by atoms with Gasteiger partial charge in [-0.05, 0) is 31.9 Å². The molecule has 0 spiro atoms. The van der Waals surface area contributed by atoms with Gasteiger partial charge in [-0.25, -0.2) is 0 Å². The fourth-order valence-electron chi connectivity index (χ4n) is 4.00. The average Bonchev–Trinajstić information content (AvgIpc) is 3.14. The normalized spacial score (nSPS) is 19.4. The Kier molecular flexibility index (Phi) is 5.55. The molecule has 2 aliphatic rings. The van der Waals surface area contributed by atoms with E-state index in [9.17, 15) is 4.79 Å². The van der Waals surface area contributed by atoms with Crippen molar-refractivity contribution < 1.29 is 9.32 Å². The van der Waals surface area contributed by atoms with Crippen LogP contribution in [0.5, 0.6) is 0 Å². The van der Waals surface area contributed by atoms with Crippen LogP contribution in [-0.2, 0) is 12.8 Å². The average molecular weight is 368 g/mol. The SMILES string of the molecule is CN1CCN(CC(NC(=O)c2noc3c2CCCC3)c2ccccc2)CC1. The second-order valence-corrected chi connectivity index (χ2v) is 7.68. The monoisotopic (exact) mass is 368 g/mol. The van der Waals surface area contributed by atoms with Crippen LogP contribution < -0.4 is 5.32 Å². The summed E-state index contributed by atoms with van der Waals surface area (Å²) in [4.78, 5) is 17.8. The van der Waals surface area contributed by atoms with E-state index in [4.69, 9.17) is 4.52 Å². The molecule has 0 saturated carbocycles. The summed E-state index contributed by atoms with van der Waals surface area (Å²) in [6.07, 6.45) is 3.98. The summed E-state index contributed by atoms with van der Waals surface area (Å²) < 4.78 is 5.43. The maximum atomic E-state index is 13.0. The number of amides is 1.